The van der Waals surface area contributed by atoms with E-state index >= 15 is 0 Å². The number of benzene rings is 1. The van der Waals surface area contributed by atoms with E-state index in [2.05, 4.69) is 49.4 Å². The average Bonchev–Trinajstić information content (AvgIpc) is 3.02. The Kier molecular flexibility index (Phi) is 8.52. The minimum absolute atomic E-state index is 0.178. The van der Waals surface area contributed by atoms with Gasteiger partial charge in [0, 0.05) is 6.42 Å². The van der Waals surface area contributed by atoms with Crippen molar-refractivity contribution < 1.29 is 19.3 Å². The van der Waals surface area contributed by atoms with E-state index in [0.717, 1.165) is 19.3 Å². The van der Waals surface area contributed by atoms with Gasteiger partial charge in [0.05, 0.1) is 6.42 Å². The maximum absolute atomic E-state index is 11.6. The molecule has 0 aromatic heterocycles. The van der Waals surface area contributed by atoms with Gasteiger partial charge in [-0.05, 0) is 38.7 Å². The van der Waals surface area contributed by atoms with Crippen molar-refractivity contribution in [2.75, 3.05) is 0 Å². The summed E-state index contributed by atoms with van der Waals surface area (Å²) < 4.78 is 5.53. The number of hydrogen-bond acceptors (Lipinski definition) is 4. The Balaban J connectivity index is 1.17. The molecule has 2 heterocycles. The fraction of sp³-hybridized carbons (Fsp3) is 0.654. The molecule has 1 aromatic carbocycles. The van der Waals surface area contributed by atoms with Gasteiger partial charge in [0.1, 0.15) is 17.3 Å². The molecule has 3 atom stereocenters. The van der Waals surface area contributed by atoms with Crippen LogP contribution in [0.15, 0.2) is 36.4 Å². The molecule has 166 valence electrons. The van der Waals surface area contributed by atoms with Gasteiger partial charge in [-0.3, -0.25) is 4.79 Å². The van der Waals surface area contributed by atoms with Crippen molar-refractivity contribution in [3.05, 3.63) is 42.0 Å². The Hall–Kier alpha value is -1.65. The Morgan fingerprint density at radius 3 is 2.37 bits per heavy atom. The third-order valence-corrected chi connectivity index (χ3v) is 6.41. The Bertz CT molecular complexity index is 686. The van der Waals surface area contributed by atoms with Crippen LogP contribution in [0.1, 0.15) is 96.5 Å². The molecule has 0 amide bonds. The topological polar surface area (TPSA) is 44.8 Å². The molecule has 2 aliphatic heterocycles. The monoisotopic (exact) mass is 414 g/mol. The highest BCUT2D eigenvalue weighted by Gasteiger charge is 2.55. The van der Waals surface area contributed by atoms with E-state index in [1.807, 2.05) is 6.92 Å². The van der Waals surface area contributed by atoms with Crippen molar-refractivity contribution in [2.45, 2.75) is 108 Å². The summed E-state index contributed by atoms with van der Waals surface area (Å²) in [6, 6.07) is 10.5. The van der Waals surface area contributed by atoms with Crippen LogP contribution in [0.25, 0.3) is 6.08 Å². The molecule has 2 aliphatic rings. The Morgan fingerprint density at radius 1 is 0.967 bits per heavy atom. The average molecular weight is 415 g/mol. The lowest BCUT2D eigenvalue weighted by molar-refractivity contribution is -0.428. The van der Waals surface area contributed by atoms with Crippen molar-refractivity contribution in [3.63, 3.8) is 0 Å². The molecule has 30 heavy (non-hydrogen) atoms. The van der Waals surface area contributed by atoms with Gasteiger partial charge < -0.3 is 4.74 Å². The second kappa shape index (κ2) is 11.1. The second-order valence-electron chi connectivity index (χ2n) is 9.47. The standard InChI is InChI=1S/C26H38O4/c1-25(21-26(2)23(29-30-25)20-24(27)28-26)19-15-10-8-6-4-3-5-7-9-12-16-22-17-13-11-14-18-22/h11-14,16-18,23H,3-10,15,19-21H2,1-2H3/b16-12+/t23-,25-,26-/m0/s1. The molecule has 0 spiro atoms. The largest absolute Gasteiger partial charge is 0.456 e. The predicted molar refractivity (Wildman–Crippen MR) is 120 cm³/mol. The Labute approximate surface area is 181 Å². The zero-order valence-electron chi connectivity index (χ0n) is 18.7. The number of ether oxygens (including phenoxy) is 1. The van der Waals surface area contributed by atoms with Crippen LogP contribution in [0.5, 0.6) is 0 Å². The van der Waals surface area contributed by atoms with E-state index in [1.54, 1.807) is 0 Å². The summed E-state index contributed by atoms with van der Waals surface area (Å²) in [5, 5.41) is 0. The quantitative estimate of drug-likeness (QED) is 0.215. The molecule has 2 saturated heterocycles. The predicted octanol–water partition coefficient (Wildman–Crippen LogP) is 6.79. The summed E-state index contributed by atoms with van der Waals surface area (Å²) in [4.78, 5) is 22.8. The van der Waals surface area contributed by atoms with Crippen LogP contribution in [0.2, 0.25) is 0 Å². The normalized spacial score (nSPS) is 28.6. The molecular formula is C26H38O4. The van der Waals surface area contributed by atoms with Crippen molar-refractivity contribution in [2.24, 2.45) is 0 Å². The number of rotatable bonds is 12. The molecule has 3 rings (SSSR count). The van der Waals surface area contributed by atoms with Gasteiger partial charge in [-0.25, -0.2) is 9.78 Å². The van der Waals surface area contributed by atoms with E-state index in [9.17, 15) is 4.79 Å². The van der Waals surface area contributed by atoms with Crippen LogP contribution < -0.4 is 0 Å². The lowest BCUT2D eigenvalue weighted by atomic mass is 9.82. The molecule has 4 heteroatoms. The van der Waals surface area contributed by atoms with Crippen molar-refractivity contribution in [1.82, 2.24) is 0 Å². The SMILES string of the molecule is C[C@]1(CCCCCCCCCC/C=C/c2ccccc2)C[C@]2(C)OC(=O)C[C@@H]2OO1. The zero-order valence-corrected chi connectivity index (χ0v) is 18.7. The molecule has 0 saturated carbocycles. The molecule has 0 radical (unpaired) electrons. The fourth-order valence-electron chi connectivity index (χ4n) is 4.70. The summed E-state index contributed by atoms with van der Waals surface area (Å²) in [7, 11) is 0. The van der Waals surface area contributed by atoms with Crippen LogP contribution in [0, 0.1) is 0 Å². The number of hydrogen-bond donors (Lipinski definition) is 0. The van der Waals surface area contributed by atoms with Gasteiger partial charge >= 0.3 is 5.97 Å². The van der Waals surface area contributed by atoms with E-state index in [0.29, 0.717) is 6.42 Å². The second-order valence-corrected chi connectivity index (χ2v) is 9.47. The third-order valence-electron chi connectivity index (χ3n) is 6.41. The van der Waals surface area contributed by atoms with E-state index < -0.39 is 5.60 Å². The highest BCUT2D eigenvalue weighted by atomic mass is 17.2. The first kappa shape index (κ1) is 23.0. The Morgan fingerprint density at radius 2 is 1.63 bits per heavy atom. The first-order valence-corrected chi connectivity index (χ1v) is 11.8. The first-order chi connectivity index (χ1) is 14.5. The molecular weight excluding hydrogens is 376 g/mol. The zero-order chi connectivity index (χ0) is 21.3. The van der Waals surface area contributed by atoms with Gasteiger partial charge in [0.25, 0.3) is 0 Å². The molecule has 0 aliphatic carbocycles. The summed E-state index contributed by atoms with van der Waals surface area (Å²) >= 11 is 0. The number of fused-ring (bicyclic) bond motifs is 1. The van der Waals surface area contributed by atoms with E-state index in [1.165, 1.54) is 56.9 Å². The number of carbonyl (C=O) groups excluding carboxylic acids is 1. The highest BCUT2D eigenvalue weighted by molar-refractivity contribution is 5.73. The molecule has 0 unspecified atom stereocenters. The van der Waals surface area contributed by atoms with E-state index in [-0.39, 0.29) is 17.7 Å². The smallest absolute Gasteiger partial charge is 0.309 e. The van der Waals surface area contributed by atoms with Crippen molar-refractivity contribution in [1.29, 1.82) is 0 Å². The molecule has 2 fully saturated rings. The van der Waals surface area contributed by atoms with Gasteiger partial charge in [0.2, 0.25) is 0 Å². The molecule has 0 bridgehead atoms. The van der Waals surface area contributed by atoms with Crippen molar-refractivity contribution in [3.8, 4) is 0 Å². The highest BCUT2D eigenvalue weighted by Crippen LogP contribution is 2.44. The first-order valence-electron chi connectivity index (χ1n) is 11.8. The minimum Gasteiger partial charge on any atom is -0.456 e. The number of unbranched alkanes of at least 4 members (excludes halogenated alkanes) is 8. The maximum Gasteiger partial charge on any atom is 0.309 e. The molecule has 1 aromatic rings. The number of allylic oxidation sites excluding steroid dienone is 1. The molecule has 0 N–H and O–H groups in total. The van der Waals surface area contributed by atoms with Gasteiger partial charge in [-0.2, -0.15) is 0 Å². The van der Waals surface area contributed by atoms with Crippen molar-refractivity contribution >= 4 is 12.0 Å². The minimum atomic E-state index is -0.527. The maximum atomic E-state index is 11.6. The van der Waals surface area contributed by atoms with Gasteiger partial charge in [0.15, 0.2) is 0 Å². The van der Waals surface area contributed by atoms with Gasteiger partial charge in [-0.15, -0.1) is 0 Å². The van der Waals surface area contributed by atoms with E-state index in [4.69, 9.17) is 14.5 Å². The number of carbonyl (C=O) groups is 1. The third kappa shape index (κ3) is 6.95. The summed E-state index contributed by atoms with van der Waals surface area (Å²) in [6.45, 7) is 4.05. The summed E-state index contributed by atoms with van der Waals surface area (Å²) in [6.07, 6.45) is 17.6. The van der Waals surface area contributed by atoms with Gasteiger partial charge in [-0.1, -0.05) is 87.4 Å². The van der Waals surface area contributed by atoms with Crippen LogP contribution in [0.3, 0.4) is 0 Å². The van der Waals surface area contributed by atoms with Crippen LogP contribution >= 0.6 is 0 Å². The lowest BCUT2D eigenvalue weighted by Gasteiger charge is -2.43. The summed E-state index contributed by atoms with van der Waals surface area (Å²) in [5.74, 6) is -0.178. The molecule has 4 nitrogen and oxygen atoms in total. The lowest BCUT2D eigenvalue weighted by Crippen LogP contribution is -2.51. The van der Waals surface area contributed by atoms with Crippen LogP contribution in [-0.4, -0.2) is 23.3 Å². The van der Waals surface area contributed by atoms with Crippen LogP contribution in [0.4, 0.5) is 0 Å². The number of esters is 1. The summed E-state index contributed by atoms with van der Waals surface area (Å²) in [5.41, 5.74) is 0.401. The fourth-order valence-corrected chi connectivity index (χ4v) is 4.70. The van der Waals surface area contributed by atoms with Crippen LogP contribution in [-0.2, 0) is 19.3 Å².